The number of alkyl halides is 3. The fourth-order valence-corrected chi connectivity index (χ4v) is 1.44. The standard InChI is InChI=1S/C13H15F3N2O/c1-3-8-17-12(19)18(2)9-10-4-6-11(7-5-10)13(14,15)16/h3-7H,1,8-9H2,2H3,(H,17,19). The lowest BCUT2D eigenvalue weighted by Gasteiger charge is -2.17. The summed E-state index contributed by atoms with van der Waals surface area (Å²) in [5.74, 6) is 0. The zero-order valence-electron chi connectivity index (χ0n) is 10.5. The molecule has 0 fully saturated rings. The molecule has 2 amide bonds. The van der Waals surface area contributed by atoms with Gasteiger partial charge in [0.1, 0.15) is 0 Å². The minimum atomic E-state index is -4.34. The Balaban J connectivity index is 2.62. The van der Waals surface area contributed by atoms with E-state index >= 15 is 0 Å². The first-order valence-corrected chi connectivity index (χ1v) is 5.60. The predicted molar refractivity (Wildman–Crippen MR) is 66.5 cm³/mol. The van der Waals surface area contributed by atoms with Gasteiger partial charge in [0.15, 0.2) is 0 Å². The zero-order chi connectivity index (χ0) is 14.5. The highest BCUT2D eigenvalue weighted by molar-refractivity contribution is 5.73. The van der Waals surface area contributed by atoms with Crippen LogP contribution in [0.5, 0.6) is 0 Å². The SMILES string of the molecule is C=CCNC(=O)N(C)Cc1ccc(C(F)(F)F)cc1. The van der Waals surface area contributed by atoms with E-state index in [1.165, 1.54) is 17.0 Å². The Morgan fingerprint density at radius 3 is 2.42 bits per heavy atom. The number of nitrogens with zero attached hydrogens (tertiary/aromatic N) is 1. The maximum atomic E-state index is 12.4. The van der Waals surface area contributed by atoms with Crippen molar-refractivity contribution in [1.82, 2.24) is 10.2 Å². The summed E-state index contributed by atoms with van der Waals surface area (Å²) in [6.07, 6.45) is -2.80. The van der Waals surface area contributed by atoms with Gasteiger partial charge in [0, 0.05) is 20.1 Å². The highest BCUT2D eigenvalue weighted by atomic mass is 19.4. The molecule has 0 aliphatic rings. The summed E-state index contributed by atoms with van der Waals surface area (Å²) in [5.41, 5.74) is -0.0701. The summed E-state index contributed by atoms with van der Waals surface area (Å²) in [7, 11) is 1.57. The fraction of sp³-hybridized carbons (Fsp3) is 0.308. The van der Waals surface area contributed by atoms with E-state index in [4.69, 9.17) is 0 Å². The van der Waals surface area contributed by atoms with Gasteiger partial charge in [0.05, 0.1) is 5.56 Å². The molecule has 0 saturated heterocycles. The van der Waals surface area contributed by atoms with Gasteiger partial charge in [-0.3, -0.25) is 0 Å². The quantitative estimate of drug-likeness (QED) is 0.839. The number of rotatable bonds is 4. The first kappa shape index (κ1) is 15.1. The molecule has 6 heteroatoms. The molecular weight excluding hydrogens is 257 g/mol. The molecule has 0 atom stereocenters. The van der Waals surface area contributed by atoms with Crippen molar-refractivity contribution in [3.05, 3.63) is 48.0 Å². The number of urea groups is 1. The minimum absolute atomic E-state index is 0.237. The van der Waals surface area contributed by atoms with E-state index in [9.17, 15) is 18.0 Å². The third kappa shape index (κ3) is 4.65. The molecule has 0 spiro atoms. The normalized spacial score (nSPS) is 10.9. The van der Waals surface area contributed by atoms with Gasteiger partial charge >= 0.3 is 12.2 Å². The highest BCUT2D eigenvalue weighted by Crippen LogP contribution is 2.29. The third-order valence-corrected chi connectivity index (χ3v) is 2.45. The van der Waals surface area contributed by atoms with Crippen LogP contribution < -0.4 is 5.32 Å². The van der Waals surface area contributed by atoms with Gasteiger partial charge < -0.3 is 10.2 Å². The number of benzene rings is 1. The van der Waals surface area contributed by atoms with Gasteiger partial charge in [-0.15, -0.1) is 6.58 Å². The van der Waals surface area contributed by atoms with Crippen LogP contribution in [0.4, 0.5) is 18.0 Å². The largest absolute Gasteiger partial charge is 0.416 e. The summed E-state index contributed by atoms with van der Waals surface area (Å²) in [6.45, 7) is 4.05. The Hall–Kier alpha value is -1.98. The Morgan fingerprint density at radius 1 is 1.37 bits per heavy atom. The molecule has 0 aromatic heterocycles. The van der Waals surface area contributed by atoms with Crippen LogP contribution in [0, 0.1) is 0 Å². The maximum absolute atomic E-state index is 12.4. The molecule has 0 bridgehead atoms. The van der Waals surface area contributed by atoms with Crippen molar-refractivity contribution < 1.29 is 18.0 Å². The lowest BCUT2D eigenvalue weighted by atomic mass is 10.1. The zero-order valence-corrected chi connectivity index (χ0v) is 10.5. The van der Waals surface area contributed by atoms with Gasteiger partial charge in [-0.2, -0.15) is 13.2 Å². The lowest BCUT2D eigenvalue weighted by molar-refractivity contribution is -0.137. The highest BCUT2D eigenvalue weighted by Gasteiger charge is 2.29. The number of carbonyl (C=O) groups is 1. The average Bonchev–Trinajstić information content (AvgIpc) is 2.35. The molecule has 0 unspecified atom stereocenters. The van der Waals surface area contributed by atoms with Crippen molar-refractivity contribution in [2.24, 2.45) is 0 Å². The molecule has 1 rings (SSSR count). The minimum Gasteiger partial charge on any atom is -0.335 e. The summed E-state index contributed by atoms with van der Waals surface area (Å²) in [4.78, 5) is 12.9. The lowest BCUT2D eigenvalue weighted by Crippen LogP contribution is -2.36. The maximum Gasteiger partial charge on any atom is 0.416 e. The molecule has 1 aromatic rings. The van der Waals surface area contributed by atoms with Gasteiger partial charge in [0.25, 0.3) is 0 Å². The summed E-state index contributed by atoms with van der Waals surface area (Å²) < 4.78 is 37.1. The topological polar surface area (TPSA) is 32.3 Å². The van der Waals surface area contributed by atoms with E-state index in [1.807, 2.05) is 0 Å². The van der Waals surface area contributed by atoms with E-state index in [0.29, 0.717) is 12.1 Å². The van der Waals surface area contributed by atoms with E-state index in [-0.39, 0.29) is 12.6 Å². The van der Waals surface area contributed by atoms with Gasteiger partial charge in [-0.25, -0.2) is 4.79 Å². The molecule has 0 radical (unpaired) electrons. The first-order valence-electron chi connectivity index (χ1n) is 5.60. The Kier molecular flexibility index (Phi) is 4.97. The van der Waals surface area contributed by atoms with Crippen molar-refractivity contribution in [1.29, 1.82) is 0 Å². The number of nitrogens with one attached hydrogen (secondary N) is 1. The molecular formula is C13H15F3N2O. The molecule has 0 saturated carbocycles. The summed E-state index contributed by atoms with van der Waals surface area (Å²) in [5, 5.41) is 2.58. The Bertz CT molecular complexity index is 440. The van der Waals surface area contributed by atoms with E-state index in [0.717, 1.165) is 12.1 Å². The number of hydrogen-bond acceptors (Lipinski definition) is 1. The second-order valence-corrected chi connectivity index (χ2v) is 4.03. The van der Waals surface area contributed by atoms with Crippen molar-refractivity contribution in [3.63, 3.8) is 0 Å². The molecule has 0 aliphatic carbocycles. The van der Waals surface area contributed by atoms with Gasteiger partial charge in [-0.05, 0) is 17.7 Å². The third-order valence-electron chi connectivity index (χ3n) is 2.45. The van der Waals surface area contributed by atoms with Gasteiger partial charge in [-0.1, -0.05) is 18.2 Å². The molecule has 104 valence electrons. The monoisotopic (exact) mass is 272 g/mol. The predicted octanol–water partition coefficient (Wildman–Crippen LogP) is 3.03. The molecule has 0 heterocycles. The number of halogens is 3. The summed E-state index contributed by atoms with van der Waals surface area (Å²) in [6, 6.07) is 4.43. The van der Waals surface area contributed by atoms with Crippen LogP contribution in [0.3, 0.4) is 0 Å². The second kappa shape index (κ2) is 6.26. The smallest absolute Gasteiger partial charge is 0.335 e. The van der Waals surface area contributed by atoms with Crippen LogP contribution in [0.1, 0.15) is 11.1 Å². The molecule has 1 N–H and O–H groups in total. The Morgan fingerprint density at radius 2 is 1.95 bits per heavy atom. The number of hydrogen-bond donors (Lipinski definition) is 1. The van der Waals surface area contributed by atoms with E-state index < -0.39 is 11.7 Å². The average molecular weight is 272 g/mol. The summed E-state index contributed by atoms with van der Waals surface area (Å²) >= 11 is 0. The molecule has 3 nitrogen and oxygen atoms in total. The van der Waals surface area contributed by atoms with E-state index in [1.54, 1.807) is 13.1 Å². The van der Waals surface area contributed by atoms with Crippen molar-refractivity contribution in [2.45, 2.75) is 12.7 Å². The van der Waals surface area contributed by atoms with Crippen LogP contribution in [-0.4, -0.2) is 24.5 Å². The Labute approximate surface area is 109 Å². The first-order chi connectivity index (χ1) is 8.84. The van der Waals surface area contributed by atoms with Crippen LogP contribution in [-0.2, 0) is 12.7 Å². The second-order valence-electron chi connectivity index (χ2n) is 4.03. The van der Waals surface area contributed by atoms with E-state index in [2.05, 4.69) is 11.9 Å². The molecule has 1 aromatic carbocycles. The van der Waals surface area contributed by atoms with Crippen LogP contribution in [0.2, 0.25) is 0 Å². The van der Waals surface area contributed by atoms with Crippen LogP contribution in [0.25, 0.3) is 0 Å². The van der Waals surface area contributed by atoms with Crippen LogP contribution in [0.15, 0.2) is 36.9 Å². The van der Waals surface area contributed by atoms with Gasteiger partial charge in [0.2, 0.25) is 0 Å². The number of carbonyl (C=O) groups excluding carboxylic acids is 1. The molecule has 19 heavy (non-hydrogen) atoms. The van der Waals surface area contributed by atoms with Crippen molar-refractivity contribution in [2.75, 3.05) is 13.6 Å². The number of amides is 2. The fourth-order valence-electron chi connectivity index (χ4n) is 1.44. The van der Waals surface area contributed by atoms with Crippen molar-refractivity contribution in [3.8, 4) is 0 Å². The molecule has 0 aliphatic heterocycles. The van der Waals surface area contributed by atoms with Crippen molar-refractivity contribution >= 4 is 6.03 Å². The van der Waals surface area contributed by atoms with Crippen LogP contribution >= 0.6 is 0 Å².